The summed E-state index contributed by atoms with van der Waals surface area (Å²) in [5, 5.41) is 9.18. The summed E-state index contributed by atoms with van der Waals surface area (Å²) in [6.45, 7) is 5.79. The van der Waals surface area contributed by atoms with Crippen molar-refractivity contribution >= 4 is 17.5 Å². The van der Waals surface area contributed by atoms with Crippen LogP contribution in [0.1, 0.15) is 51.7 Å². The van der Waals surface area contributed by atoms with Crippen LogP contribution in [0.25, 0.3) is 0 Å². The standard InChI is InChI=1S/C18H21N3O3/c1-10-6-11(2)17(12(3)7-10)20-16(22)9-19-18(23)14-8-15(24-21-14)13-4-5-13/h6-8,13H,4-5,9H2,1-3H3,(H,19,23)(H,20,22). The molecular formula is C18H21N3O3. The van der Waals surface area contributed by atoms with E-state index in [1.165, 1.54) is 0 Å². The second-order valence-electron chi connectivity index (χ2n) is 6.39. The topological polar surface area (TPSA) is 84.2 Å². The highest BCUT2D eigenvalue weighted by Crippen LogP contribution is 2.40. The van der Waals surface area contributed by atoms with Crippen molar-refractivity contribution in [3.05, 3.63) is 46.3 Å². The third-order valence-electron chi connectivity index (χ3n) is 4.09. The molecule has 0 spiro atoms. The van der Waals surface area contributed by atoms with Gasteiger partial charge in [-0.05, 0) is 44.7 Å². The fourth-order valence-electron chi connectivity index (χ4n) is 2.77. The van der Waals surface area contributed by atoms with Crippen LogP contribution in [0.3, 0.4) is 0 Å². The van der Waals surface area contributed by atoms with Crippen LogP contribution in [0.5, 0.6) is 0 Å². The lowest BCUT2D eigenvalue weighted by Crippen LogP contribution is -2.33. The molecule has 0 saturated heterocycles. The minimum atomic E-state index is -0.404. The summed E-state index contributed by atoms with van der Waals surface area (Å²) in [6.07, 6.45) is 2.15. The van der Waals surface area contributed by atoms with Gasteiger partial charge in [0.2, 0.25) is 5.91 Å². The average Bonchev–Trinajstić information content (AvgIpc) is 3.25. The van der Waals surface area contributed by atoms with E-state index in [9.17, 15) is 9.59 Å². The maximum Gasteiger partial charge on any atom is 0.273 e. The molecule has 0 unspecified atom stereocenters. The summed E-state index contributed by atoms with van der Waals surface area (Å²) >= 11 is 0. The van der Waals surface area contributed by atoms with Crippen LogP contribution >= 0.6 is 0 Å². The first-order valence-corrected chi connectivity index (χ1v) is 8.06. The Labute approximate surface area is 140 Å². The van der Waals surface area contributed by atoms with Crippen molar-refractivity contribution in [1.82, 2.24) is 10.5 Å². The molecule has 0 bridgehead atoms. The van der Waals surface area contributed by atoms with Gasteiger partial charge in [0.25, 0.3) is 5.91 Å². The first-order valence-electron chi connectivity index (χ1n) is 8.06. The first kappa shape index (κ1) is 16.2. The molecule has 1 fully saturated rings. The number of carbonyl (C=O) groups is 2. The highest BCUT2D eigenvalue weighted by atomic mass is 16.5. The number of amides is 2. The molecule has 2 amide bonds. The number of nitrogens with one attached hydrogen (secondary N) is 2. The second kappa shape index (κ2) is 6.47. The van der Waals surface area contributed by atoms with Gasteiger partial charge in [0.1, 0.15) is 5.76 Å². The van der Waals surface area contributed by atoms with E-state index >= 15 is 0 Å². The molecular weight excluding hydrogens is 306 g/mol. The van der Waals surface area contributed by atoms with E-state index in [4.69, 9.17) is 4.52 Å². The minimum absolute atomic E-state index is 0.114. The lowest BCUT2D eigenvalue weighted by atomic mass is 10.1. The second-order valence-corrected chi connectivity index (χ2v) is 6.39. The van der Waals surface area contributed by atoms with Crippen LogP contribution < -0.4 is 10.6 Å². The Hall–Kier alpha value is -2.63. The lowest BCUT2D eigenvalue weighted by molar-refractivity contribution is -0.115. The number of benzene rings is 1. The zero-order valence-electron chi connectivity index (χ0n) is 14.1. The molecule has 1 aliphatic carbocycles. The number of aromatic nitrogens is 1. The third kappa shape index (κ3) is 3.64. The number of aryl methyl sites for hydroxylation is 3. The van der Waals surface area contributed by atoms with E-state index in [1.54, 1.807) is 6.07 Å². The molecule has 1 saturated carbocycles. The van der Waals surface area contributed by atoms with Gasteiger partial charge < -0.3 is 15.2 Å². The van der Waals surface area contributed by atoms with Crippen LogP contribution in [0, 0.1) is 20.8 Å². The Morgan fingerprint density at radius 1 is 1.17 bits per heavy atom. The van der Waals surface area contributed by atoms with E-state index in [0.717, 1.165) is 41.0 Å². The minimum Gasteiger partial charge on any atom is -0.360 e. The van der Waals surface area contributed by atoms with Crippen LogP contribution in [0.2, 0.25) is 0 Å². The summed E-state index contributed by atoms with van der Waals surface area (Å²) in [7, 11) is 0. The largest absolute Gasteiger partial charge is 0.360 e. The number of carbonyl (C=O) groups excluding carboxylic acids is 2. The quantitative estimate of drug-likeness (QED) is 0.884. The summed E-state index contributed by atoms with van der Waals surface area (Å²) < 4.78 is 5.14. The Balaban J connectivity index is 1.56. The zero-order valence-corrected chi connectivity index (χ0v) is 14.1. The summed E-state index contributed by atoms with van der Waals surface area (Å²) in [4.78, 5) is 24.1. The van der Waals surface area contributed by atoms with Gasteiger partial charge in [-0.15, -0.1) is 0 Å². The molecule has 1 aromatic carbocycles. The molecule has 0 radical (unpaired) electrons. The van der Waals surface area contributed by atoms with Gasteiger partial charge in [-0.25, -0.2) is 0 Å². The van der Waals surface area contributed by atoms with Crippen molar-refractivity contribution in [3.8, 4) is 0 Å². The number of nitrogens with zero attached hydrogens (tertiary/aromatic N) is 1. The van der Waals surface area contributed by atoms with Crippen molar-refractivity contribution < 1.29 is 14.1 Å². The van der Waals surface area contributed by atoms with Crippen molar-refractivity contribution in [3.63, 3.8) is 0 Å². The Bertz CT molecular complexity index is 768. The van der Waals surface area contributed by atoms with Gasteiger partial charge in [-0.2, -0.15) is 0 Å². The monoisotopic (exact) mass is 327 g/mol. The molecule has 6 heteroatoms. The Morgan fingerprint density at radius 3 is 2.46 bits per heavy atom. The maximum absolute atomic E-state index is 12.1. The highest BCUT2D eigenvalue weighted by molar-refractivity contribution is 5.99. The normalized spacial score (nSPS) is 13.6. The smallest absolute Gasteiger partial charge is 0.273 e. The third-order valence-corrected chi connectivity index (χ3v) is 4.09. The van der Waals surface area contributed by atoms with Gasteiger partial charge in [0, 0.05) is 17.7 Å². The predicted octanol–water partition coefficient (Wildman–Crippen LogP) is 2.85. The maximum atomic E-state index is 12.1. The van der Waals surface area contributed by atoms with E-state index in [0.29, 0.717) is 5.92 Å². The van der Waals surface area contributed by atoms with Crippen molar-refractivity contribution in [2.75, 3.05) is 11.9 Å². The van der Waals surface area contributed by atoms with Crippen LogP contribution in [0.15, 0.2) is 22.7 Å². The van der Waals surface area contributed by atoms with Gasteiger partial charge >= 0.3 is 0 Å². The molecule has 24 heavy (non-hydrogen) atoms. The molecule has 2 N–H and O–H groups in total. The number of hydrogen-bond donors (Lipinski definition) is 2. The molecule has 1 aromatic heterocycles. The van der Waals surface area contributed by atoms with E-state index in [2.05, 4.69) is 15.8 Å². The van der Waals surface area contributed by atoms with Crippen molar-refractivity contribution in [2.45, 2.75) is 39.5 Å². The molecule has 3 rings (SSSR count). The molecule has 0 atom stereocenters. The fourth-order valence-corrected chi connectivity index (χ4v) is 2.77. The van der Waals surface area contributed by atoms with E-state index in [-0.39, 0.29) is 18.1 Å². The number of anilines is 1. The van der Waals surface area contributed by atoms with Gasteiger partial charge in [0.15, 0.2) is 5.69 Å². The predicted molar refractivity (Wildman–Crippen MR) is 90.1 cm³/mol. The SMILES string of the molecule is Cc1cc(C)c(NC(=O)CNC(=O)c2cc(C3CC3)on2)c(C)c1. The molecule has 126 valence electrons. The van der Waals surface area contributed by atoms with Crippen LogP contribution in [0.4, 0.5) is 5.69 Å². The molecule has 0 aliphatic heterocycles. The van der Waals surface area contributed by atoms with Crippen LogP contribution in [-0.2, 0) is 4.79 Å². The number of hydrogen-bond acceptors (Lipinski definition) is 4. The summed E-state index contributed by atoms with van der Waals surface area (Å²) in [5.74, 6) is 0.466. The van der Waals surface area contributed by atoms with Crippen LogP contribution in [-0.4, -0.2) is 23.5 Å². The van der Waals surface area contributed by atoms with E-state index < -0.39 is 5.91 Å². The molecule has 6 nitrogen and oxygen atoms in total. The molecule has 1 heterocycles. The van der Waals surface area contributed by atoms with Gasteiger partial charge in [-0.1, -0.05) is 22.9 Å². The average molecular weight is 327 g/mol. The highest BCUT2D eigenvalue weighted by Gasteiger charge is 2.28. The fraction of sp³-hybridized carbons (Fsp3) is 0.389. The Morgan fingerprint density at radius 2 is 1.83 bits per heavy atom. The van der Waals surface area contributed by atoms with Gasteiger partial charge in [-0.3, -0.25) is 9.59 Å². The number of rotatable bonds is 5. The first-order chi connectivity index (χ1) is 11.4. The Kier molecular flexibility index (Phi) is 4.38. The summed E-state index contributed by atoms with van der Waals surface area (Å²) in [5.41, 5.74) is 4.15. The van der Waals surface area contributed by atoms with E-state index in [1.807, 2.05) is 32.9 Å². The zero-order chi connectivity index (χ0) is 17.3. The molecule has 2 aromatic rings. The molecule has 1 aliphatic rings. The van der Waals surface area contributed by atoms with Crippen molar-refractivity contribution in [1.29, 1.82) is 0 Å². The van der Waals surface area contributed by atoms with Crippen molar-refractivity contribution in [2.24, 2.45) is 0 Å². The van der Waals surface area contributed by atoms with Gasteiger partial charge in [0.05, 0.1) is 6.54 Å². The lowest BCUT2D eigenvalue weighted by Gasteiger charge is -2.13. The summed E-state index contributed by atoms with van der Waals surface area (Å²) in [6, 6.07) is 5.67.